The molecule has 2 aromatic rings. The number of ether oxygens (including phenoxy) is 2. The van der Waals surface area contributed by atoms with Gasteiger partial charge in [-0.1, -0.05) is 6.07 Å². The molecule has 0 spiro atoms. The molecule has 1 fully saturated rings. The molecule has 29 heavy (non-hydrogen) atoms. The molecule has 3 rings (SSSR count). The molecule has 1 atom stereocenters. The van der Waals surface area contributed by atoms with E-state index < -0.39 is 0 Å². The Kier molecular flexibility index (Phi) is 7.30. The first-order chi connectivity index (χ1) is 14.1. The normalized spacial score (nSPS) is 17.1. The molecule has 1 aromatic carbocycles. The van der Waals surface area contributed by atoms with Crippen LogP contribution in [0.25, 0.3) is 6.08 Å². The van der Waals surface area contributed by atoms with E-state index in [-0.39, 0.29) is 5.91 Å². The minimum atomic E-state index is 0.0533. The summed E-state index contributed by atoms with van der Waals surface area (Å²) in [5.74, 6) is 1.55. The van der Waals surface area contributed by atoms with Gasteiger partial charge in [0.15, 0.2) is 11.5 Å². The molecule has 0 aliphatic carbocycles. The summed E-state index contributed by atoms with van der Waals surface area (Å²) < 4.78 is 10.7. The van der Waals surface area contributed by atoms with Crippen molar-refractivity contribution in [1.82, 2.24) is 19.8 Å². The number of H-pyrrole nitrogens is 1. The second-order valence-corrected chi connectivity index (χ2v) is 7.34. The van der Waals surface area contributed by atoms with Crippen molar-refractivity contribution in [2.75, 3.05) is 40.9 Å². The second kappa shape index (κ2) is 10.1. The number of hydrogen-bond donors (Lipinski definition) is 1. The van der Waals surface area contributed by atoms with Gasteiger partial charge in [0.05, 0.1) is 32.4 Å². The van der Waals surface area contributed by atoms with Gasteiger partial charge >= 0.3 is 0 Å². The van der Waals surface area contributed by atoms with E-state index in [4.69, 9.17) is 9.47 Å². The second-order valence-electron chi connectivity index (χ2n) is 7.34. The van der Waals surface area contributed by atoms with Crippen LogP contribution in [-0.2, 0) is 11.2 Å². The Labute approximate surface area is 172 Å². The number of benzene rings is 1. The van der Waals surface area contributed by atoms with Gasteiger partial charge in [0.25, 0.3) is 0 Å². The smallest absolute Gasteiger partial charge is 0.246 e. The van der Waals surface area contributed by atoms with Crippen molar-refractivity contribution in [3.05, 3.63) is 48.1 Å². The summed E-state index contributed by atoms with van der Waals surface area (Å²) >= 11 is 0. The lowest BCUT2D eigenvalue weighted by Crippen LogP contribution is -2.48. The number of nitrogens with one attached hydrogen (secondary N) is 1. The lowest BCUT2D eigenvalue weighted by molar-refractivity contribution is -0.127. The summed E-state index contributed by atoms with van der Waals surface area (Å²) in [5.41, 5.74) is 2.04. The van der Waals surface area contributed by atoms with Crippen LogP contribution in [0.15, 0.2) is 36.8 Å². The number of carbonyl (C=O) groups is 1. The molecule has 1 aliphatic heterocycles. The molecule has 7 heteroatoms. The number of carbonyl (C=O) groups excluding carboxylic acids is 1. The van der Waals surface area contributed by atoms with E-state index in [9.17, 15) is 4.79 Å². The number of piperidine rings is 1. The molecular formula is C22H30N4O3. The lowest BCUT2D eigenvalue weighted by Gasteiger charge is -2.37. The predicted molar refractivity (Wildman–Crippen MR) is 113 cm³/mol. The van der Waals surface area contributed by atoms with E-state index in [1.165, 1.54) is 5.56 Å². The maximum atomic E-state index is 12.5. The molecule has 156 valence electrons. The van der Waals surface area contributed by atoms with Crippen molar-refractivity contribution in [2.24, 2.45) is 0 Å². The minimum Gasteiger partial charge on any atom is -0.493 e. The van der Waals surface area contributed by atoms with Crippen molar-refractivity contribution in [3.63, 3.8) is 0 Å². The first-order valence-electron chi connectivity index (χ1n) is 9.97. The maximum Gasteiger partial charge on any atom is 0.246 e. The van der Waals surface area contributed by atoms with Crippen molar-refractivity contribution >= 4 is 12.0 Å². The predicted octanol–water partition coefficient (Wildman–Crippen LogP) is 2.61. The van der Waals surface area contributed by atoms with E-state index in [0.717, 1.165) is 56.1 Å². The molecule has 1 amide bonds. The third-order valence-electron chi connectivity index (χ3n) is 5.46. The van der Waals surface area contributed by atoms with Crippen molar-refractivity contribution in [2.45, 2.75) is 25.3 Å². The zero-order valence-electron chi connectivity index (χ0n) is 17.4. The van der Waals surface area contributed by atoms with Crippen LogP contribution in [0, 0.1) is 0 Å². The molecule has 0 radical (unpaired) electrons. The Bertz CT molecular complexity index is 819. The van der Waals surface area contributed by atoms with Crippen LogP contribution in [0.1, 0.15) is 24.1 Å². The van der Waals surface area contributed by atoms with Crippen LogP contribution in [0.3, 0.4) is 0 Å². The van der Waals surface area contributed by atoms with Crippen molar-refractivity contribution < 1.29 is 14.3 Å². The molecular weight excluding hydrogens is 368 g/mol. The Morgan fingerprint density at radius 3 is 2.90 bits per heavy atom. The van der Waals surface area contributed by atoms with E-state index in [1.54, 1.807) is 38.9 Å². The number of likely N-dealkylation sites (N-methyl/N-ethyl adjacent to an activating group) is 1. The number of imidazole rings is 1. The van der Waals surface area contributed by atoms with E-state index in [0.29, 0.717) is 6.04 Å². The number of rotatable bonds is 8. The summed E-state index contributed by atoms with van der Waals surface area (Å²) in [6.45, 7) is 2.49. The Morgan fingerprint density at radius 1 is 1.34 bits per heavy atom. The Hall–Kier alpha value is -2.80. The third kappa shape index (κ3) is 5.60. The summed E-state index contributed by atoms with van der Waals surface area (Å²) in [4.78, 5) is 23.8. The molecule has 7 nitrogen and oxygen atoms in total. The van der Waals surface area contributed by atoms with Gasteiger partial charge in [-0.05, 0) is 50.1 Å². The molecule has 0 saturated carbocycles. The number of hydrogen-bond acceptors (Lipinski definition) is 5. The SMILES string of the molecule is COc1ccc(CCN(C)[C@H]2CCCN(C(=O)/C=C/c3cnc[nH]3)C2)cc1OC. The summed E-state index contributed by atoms with van der Waals surface area (Å²) in [7, 11) is 5.44. The number of nitrogens with zero attached hydrogens (tertiary/aromatic N) is 3. The van der Waals surface area contributed by atoms with Gasteiger partial charge < -0.3 is 24.3 Å². The molecule has 1 N–H and O–H groups in total. The molecule has 1 aliphatic rings. The maximum absolute atomic E-state index is 12.5. The zero-order chi connectivity index (χ0) is 20.6. The van der Waals surface area contributed by atoms with Gasteiger partial charge in [0.1, 0.15) is 0 Å². The summed E-state index contributed by atoms with van der Waals surface area (Å²) in [5, 5.41) is 0. The van der Waals surface area contributed by atoms with Crippen LogP contribution in [0.2, 0.25) is 0 Å². The fourth-order valence-electron chi connectivity index (χ4n) is 3.66. The van der Waals surface area contributed by atoms with Crippen LogP contribution in [-0.4, -0.2) is 72.6 Å². The number of aromatic amines is 1. The first-order valence-corrected chi connectivity index (χ1v) is 9.97. The quantitative estimate of drug-likeness (QED) is 0.692. The van der Waals surface area contributed by atoms with Gasteiger partial charge in [0.2, 0.25) is 5.91 Å². The Morgan fingerprint density at radius 2 is 2.17 bits per heavy atom. The summed E-state index contributed by atoms with van der Waals surface area (Å²) in [6, 6.07) is 6.42. The highest BCUT2D eigenvalue weighted by Crippen LogP contribution is 2.28. The molecule has 2 heterocycles. The fourth-order valence-corrected chi connectivity index (χ4v) is 3.66. The topological polar surface area (TPSA) is 70.7 Å². The molecule has 1 saturated heterocycles. The number of amides is 1. The third-order valence-corrected chi connectivity index (χ3v) is 5.46. The number of likely N-dealkylation sites (tertiary alicyclic amines) is 1. The Balaban J connectivity index is 1.52. The molecule has 0 unspecified atom stereocenters. The van der Waals surface area contributed by atoms with Gasteiger partial charge in [-0.15, -0.1) is 0 Å². The van der Waals surface area contributed by atoms with E-state index >= 15 is 0 Å². The monoisotopic (exact) mass is 398 g/mol. The van der Waals surface area contributed by atoms with Crippen molar-refractivity contribution in [1.29, 1.82) is 0 Å². The highest BCUT2D eigenvalue weighted by Gasteiger charge is 2.25. The largest absolute Gasteiger partial charge is 0.493 e. The van der Waals surface area contributed by atoms with Gasteiger partial charge in [-0.2, -0.15) is 0 Å². The van der Waals surface area contributed by atoms with Crippen LogP contribution < -0.4 is 9.47 Å². The van der Waals surface area contributed by atoms with E-state index in [1.807, 2.05) is 17.0 Å². The van der Waals surface area contributed by atoms with Crippen LogP contribution >= 0.6 is 0 Å². The van der Waals surface area contributed by atoms with Crippen molar-refractivity contribution in [3.8, 4) is 11.5 Å². The number of methoxy groups -OCH3 is 2. The molecule has 1 aromatic heterocycles. The highest BCUT2D eigenvalue weighted by atomic mass is 16.5. The summed E-state index contributed by atoms with van der Waals surface area (Å²) in [6.07, 6.45) is 9.75. The van der Waals surface area contributed by atoms with Gasteiger partial charge in [0, 0.05) is 31.8 Å². The standard InChI is InChI=1S/C22H30N4O3/c1-25(12-10-17-6-8-20(28-2)21(13-17)29-3)19-5-4-11-26(15-19)22(27)9-7-18-14-23-16-24-18/h6-9,13-14,16,19H,4-5,10-12,15H2,1-3H3,(H,23,24)/b9-7+/t19-/m0/s1. The van der Waals surface area contributed by atoms with Gasteiger partial charge in [-0.25, -0.2) is 4.98 Å². The average Bonchev–Trinajstić information content (AvgIpc) is 3.29. The van der Waals surface area contributed by atoms with Gasteiger partial charge in [-0.3, -0.25) is 4.79 Å². The zero-order valence-corrected chi connectivity index (χ0v) is 17.4. The average molecular weight is 399 g/mol. The fraction of sp³-hybridized carbons (Fsp3) is 0.455. The minimum absolute atomic E-state index is 0.0533. The van der Waals surface area contributed by atoms with Crippen LogP contribution in [0.5, 0.6) is 11.5 Å². The first kappa shape index (κ1) is 20.9. The highest BCUT2D eigenvalue weighted by molar-refractivity contribution is 5.91. The van der Waals surface area contributed by atoms with E-state index in [2.05, 4.69) is 28.0 Å². The number of aromatic nitrogens is 2. The van der Waals surface area contributed by atoms with Crippen LogP contribution in [0.4, 0.5) is 0 Å². The molecule has 0 bridgehead atoms. The lowest BCUT2D eigenvalue weighted by atomic mass is 10.0.